The SMILES string of the molecule is COc1ccc(CNC(=O)CN[C@H](C)c2ccco2)cc1OC. The normalized spacial score (nSPS) is 11.8. The van der Waals surface area contributed by atoms with Gasteiger partial charge in [0.05, 0.1) is 33.1 Å². The van der Waals surface area contributed by atoms with Crippen LogP contribution in [0.25, 0.3) is 0 Å². The van der Waals surface area contributed by atoms with Gasteiger partial charge in [0.2, 0.25) is 5.91 Å². The Labute approximate surface area is 135 Å². The van der Waals surface area contributed by atoms with E-state index in [0.717, 1.165) is 11.3 Å². The van der Waals surface area contributed by atoms with Crippen molar-refractivity contribution in [2.75, 3.05) is 20.8 Å². The molecule has 2 N–H and O–H groups in total. The standard InChI is InChI=1S/C17H22N2O4/c1-12(14-5-4-8-23-14)18-11-17(20)19-10-13-6-7-15(21-2)16(9-13)22-3/h4-9,12,18H,10-11H2,1-3H3,(H,19,20)/t12-/m1/s1. The first-order valence-corrected chi connectivity index (χ1v) is 7.38. The lowest BCUT2D eigenvalue weighted by Gasteiger charge is -2.12. The first kappa shape index (κ1) is 16.9. The van der Waals surface area contributed by atoms with E-state index in [9.17, 15) is 4.79 Å². The molecule has 124 valence electrons. The van der Waals surface area contributed by atoms with Crippen LogP contribution in [0.2, 0.25) is 0 Å². The number of amides is 1. The molecule has 0 spiro atoms. The minimum absolute atomic E-state index is 0.0168. The molecule has 1 heterocycles. The van der Waals surface area contributed by atoms with Gasteiger partial charge in [0.15, 0.2) is 11.5 Å². The Morgan fingerprint density at radius 2 is 2.00 bits per heavy atom. The van der Waals surface area contributed by atoms with E-state index in [1.165, 1.54) is 0 Å². The topological polar surface area (TPSA) is 72.7 Å². The number of hydrogen-bond donors (Lipinski definition) is 2. The van der Waals surface area contributed by atoms with Crippen molar-refractivity contribution in [2.45, 2.75) is 19.5 Å². The van der Waals surface area contributed by atoms with Crippen LogP contribution in [0.1, 0.15) is 24.3 Å². The van der Waals surface area contributed by atoms with Crippen LogP contribution in [0, 0.1) is 0 Å². The van der Waals surface area contributed by atoms with Crippen LogP contribution < -0.4 is 20.1 Å². The highest BCUT2D eigenvalue weighted by Gasteiger charge is 2.10. The second kappa shape index (κ2) is 8.24. The molecular formula is C17H22N2O4. The second-order valence-electron chi connectivity index (χ2n) is 5.08. The summed E-state index contributed by atoms with van der Waals surface area (Å²) in [4.78, 5) is 11.9. The third kappa shape index (κ3) is 4.75. The summed E-state index contributed by atoms with van der Waals surface area (Å²) in [6.07, 6.45) is 1.62. The Morgan fingerprint density at radius 1 is 1.22 bits per heavy atom. The molecule has 2 rings (SSSR count). The molecule has 6 heteroatoms. The van der Waals surface area contributed by atoms with Gasteiger partial charge in [0.1, 0.15) is 5.76 Å². The van der Waals surface area contributed by atoms with E-state index in [0.29, 0.717) is 18.0 Å². The molecule has 0 aliphatic rings. The number of ether oxygens (including phenoxy) is 2. The number of hydrogen-bond acceptors (Lipinski definition) is 5. The number of nitrogens with one attached hydrogen (secondary N) is 2. The fraction of sp³-hybridized carbons (Fsp3) is 0.353. The summed E-state index contributed by atoms with van der Waals surface area (Å²) in [5.41, 5.74) is 0.940. The minimum atomic E-state index is -0.0850. The fourth-order valence-electron chi connectivity index (χ4n) is 2.14. The molecule has 1 aromatic heterocycles. The molecule has 1 amide bonds. The number of carbonyl (C=O) groups excluding carboxylic acids is 1. The zero-order valence-electron chi connectivity index (χ0n) is 13.6. The maximum absolute atomic E-state index is 11.9. The van der Waals surface area contributed by atoms with Gasteiger partial charge in [-0.05, 0) is 36.8 Å². The number of benzene rings is 1. The van der Waals surface area contributed by atoms with Crippen molar-refractivity contribution in [2.24, 2.45) is 0 Å². The molecule has 0 saturated heterocycles. The highest BCUT2D eigenvalue weighted by molar-refractivity contribution is 5.78. The van der Waals surface area contributed by atoms with Crippen molar-refractivity contribution in [1.29, 1.82) is 0 Å². The highest BCUT2D eigenvalue weighted by atomic mass is 16.5. The molecule has 23 heavy (non-hydrogen) atoms. The Bertz CT molecular complexity index is 626. The predicted molar refractivity (Wildman–Crippen MR) is 86.5 cm³/mol. The summed E-state index contributed by atoms with van der Waals surface area (Å²) in [7, 11) is 3.17. The average Bonchev–Trinajstić information content (AvgIpc) is 3.12. The largest absolute Gasteiger partial charge is 0.493 e. The smallest absolute Gasteiger partial charge is 0.234 e. The summed E-state index contributed by atoms with van der Waals surface area (Å²) >= 11 is 0. The lowest BCUT2D eigenvalue weighted by molar-refractivity contribution is -0.120. The van der Waals surface area contributed by atoms with Gasteiger partial charge in [-0.2, -0.15) is 0 Å². The number of carbonyl (C=O) groups is 1. The van der Waals surface area contributed by atoms with Gasteiger partial charge in [-0.1, -0.05) is 6.07 Å². The van der Waals surface area contributed by atoms with E-state index < -0.39 is 0 Å². The third-order valence-corrected chi connectivity index (χ3v) is 3.48. The van der Waals surface area contributed by atoms with Crippen LogP contribution in [-0.2, 0) is 11.3 Å². The monoisotopic (exact) mass is 318 g/mol. The fourth-order valence-corrected chi connectivity index (χ4v) is 2.14. The Kier molecular flexibility index (Phi) is 6.05. The van der Waals surface area contributed by atoms with Gasteiger partial charge in [0.25, 0.3) is 0 Å². The number of methoxy groups -OCH3 is 2. The summed E-state index contributed by atoms with van der Waals surface area (Å²) < 4.78 is 15.7. The van der Waals surface area contributed by atoms with Crippen LogP contribution in [-0.4, -0.2) is 26.7 Å². The Morgan fingerprint density at radius 3 is 2.65 bits per heavy atom. The van der Waals surface area contributed by atoms with Gasteiger partial charge >= 0.3 is 0 Å². The van der Waals surface area contributed by atoms with Gasteiger partial charge in [-0.3, -0.25) is 10.1 Å². The molecule has 0 bridgehead atoms. The average molecular weight is 318 g/mol. The maximum Gasteiger partial charge on any atom is 0.234 e. The summed E-state index contributed by atoms with van der Waals surface area (Å²) in [5, 5.41) is 5.97. The van der Waals surface area contributed by atoms with Crippen LogP contribution in [0.5, 0.6) is 11.5 Å². The molecule has 1 aromatic carbocycles. The molecule has 0 fully saturated rings. The van der Waals surface area contributed by atoms with Gasteiger partial charge in [-0.15, -0.1) is 0 Å². The number of rotatable bonds is 8. The number of furan rings is 1. The van der Waals surface area contributed by atoms with Crippen LogP contribution >= 0.6 is 0 Å². The summed E-state index contributed by atoms with van der Waals surface area (Å²) in [6.45, 7) is 2.59. The third-order valence-electron chi connectivity index (χ3n) is 3.48. The zero-order valence-corrected chi connectivity index (χ0v) is 13.6. The van der Waals surface area contributed by atoms with Crippen molar-refractivity contribution in [3.8, 4) is 11.5 Å². The van der Waals surface area contributed by atoms with E-state index in [1.807, 2.05) is 37.3 Å². The van der Waals surface area contributed by atoms with E-state index in [4.69, 9.17) is 13.9 Å². The first-order chi connectivity index (χ1) is 11.1. The van der Waals surface area contributed by atoms with Crippen LogP contribution in [0.15, 0.2) is 41.0 Å². The molecule has 6 nitrogen and oxygen atoms in total. The molecular weight excluding hydrogens is 296 g/mol. The van der Waals surface area contributed by atoms with Crippen molar-refractivity contribution in [3.63, 3.8) is 0 Å². The quantitative estimate of drug-likeness (QED) is 0.781. The molecule has 1 atom stereocenters. The van der Waals surface area contributed by atoms with Gasteiger partial charge in [-0.25, -0.2) is 0 Å². The predicted octanol–water partition coefficient (Wildman–Crippen LogP) is 2.26. The molecule has 0 aliphatic heterocycles. The highest BCUT2D eigenvalue weighted by Crippen LogP contribution is 2.27. The first-order valence-electron chi connectivity index (χ1n) is 7.38. The van der Waals surface area contributed by atoms with E-state index in [2.05, 4.69) is 10.6 Å². The molecule has 0 aliphatic carbocycles. The van der Waals surface area contributed by atoms with E-state index in [1.54, 1.807) is 20.5 Å². The zero-order chi connectivity index (χ0) is 16.7. The Hall–Kier alpha value is -2.47. The Balaban J connectivity index is 1.80. The summed E-state index contributed by atoms with van der Waals surface area (Å²) in [5.74, 6) is 2.02. The summed E-state index contributed by atoms with van der Waals surface area (Å²) in [6, 6.07) is 9.23. The maximum atomic E-state index is 11.9. The molecule has 0 saturated carbocycles. The molecule has 2 aromatic rings. The molecule has 0 unspecified atom stereocenters. The lowest BCUT2D eigenvalue weighted by Crippen LogP contribution is -2.34. The minimum Gasteiger partial charge on any atom is -0.493 e. The van der Waals surface area contributed by atoms with Crippen LogP contribution in [0.4, 0.5) is 0 Å². The van der Waals surface area contributed by atoms with E-state index in [-0.39, 0.29) is 18.5 Å². The van der Waals surface area contributed by atoms with E-state index >= 15 is 0 Å². The second-order valence-corrected chi connectivity index (χ2v) is 5.08. The van der Waals surface area contributed by atoms with Gasteiger partial charge in [0, 0.05) is 6.54 Å². The van der Waals surface area contributed by atoms with Crippen molar-refractivity contribution >= 4 is 5.91 Å². The van der Waals surface area contributed by atoms with Crippen molar-refractivity contribution in [1.82, 2.24) is 10.6 Å². The van der Waals surface area contributed by atoms with Crippen LogP contribution in [0.3, 0.4) is 0 Å². The lowest BCUT2D eigenvalue weighted by atomic mass is 10.2. The van der Waals surface area contributed by atoms with Gasteiger partial charge < -0.3 is 19.2 Å². The molecule has 0 radical (unpaired) electrons. The van der Waals surface area contributed by atoms with Crippen molar-refractivity contribution in [3.05, 3.63) is 47.9 Å². The van der Waals surface area contributed by atoms with Crippen molar-refractivity contribution < 1.29 is 18.7 Å².